The molecule has 4 heteroatoms. The van der Waals surface area contributed by atoms with Crippen LogP contribution in [0.5, 0.6) is 0 Å². The van der Waals surface area contributed by atoms with Gasteiger partial charge in [0.15, 0.2) is 0 Å². The predicted octanol–water partition coefficient (Wildman–Crippen LogP) is 2.04. The topological polar surface area (TPSA) is 52.3 Å². The summed E-state index contributed by atoms with van der Waals surface area (Å²) in [5.41, 5.74) is 7.10. The van der Waals surface area contributed by atoms with E-state index in [0.29, 0.717) is 29.1 Å². The third kappa shape index (κ3) is 2.91. The number of carbonyl (C=O) groups is 1. The molecule has 0 aliphatic heterocycles. The lowest BCUT2D eigenvalue weighted by atomic mass is 10.1. The fourth-order valence-electron chi connectivity index (χ4n) is 1.17. The van der Waals surface area contributed by atoms with Crippen molar-refractivity contribution >= 4 is 23.3 Å². The molecule has 3 nitrogen and oxygen atoms in total. The standard InChI is InChI=1S/C12H12ClNO2/c1-16-12(15)10-7-4-6-9(11(10)14)5-2-3-8-13/h4,6-7H,3,8,14H2,1H3. The molecule has 0 unspecified atom stereocenters. The highest BCUT2D eigenvalue weighted by Gasteiger charge is 2.11. The maximum absolute atomic E-state index is 11.3. The van der Waals surface area contributed by atoms with Crippen LogP contribution in [0.25, 0.3) is 0 Å². The molecule has 1 rings (SSSR count). The molecule has 2 N–H and O–H groups in total. The first-order chi connectivity index (χ1) is 7.70. The molecule has 0 aliphatic carbocycles. The van der Waals surface area contributed by atoms with Crippen molar-refractivity contribution in [3.63, 3.8) is 0 Å². The lowest BCUT2D eigenvalue weighted by molar-refractivity contribution is 0.0602. The molecule has 1 aromatic carbocycles. The van der Waals surface area contributed by atoms with E-state index in [9.17, 15) is 4.79 Å². The smallest absolute Gasteiger partial charge is 0.339 e. The van der Waals surface area contributed by atoms with E-state index >= 15 is 0 Å². The highest BCUT2D eigenvalue weighted by molar-refractivity contribution is 6.18. The van der Waals surface area contributed by atoms with Crippen LogP contribution in [0.3, 0.4) is 0 Å². The van der Waals surface area contributed by atoms with E-state index in [2.05, 4.69) is 16.6 Å². The van der Waals surface area contributed by atoms with Crippen molar-refractivity contribution in [2.45, 2.75) is 6.42 Å². The Balaban J connectivity index is 3.05. The van der Waals surface area contributed by atoms with Crippen molar-refractivity contribution in [1.82, 2.24) is 0 Å². The molecule has 0 spiro atoms. The van der Waals surface area contributed by atoms with Gasteiger partial charge < -0.3 is 10.5 Å². The number of halogens is 1. The number of nitrogen functional groups attached to an aromatic ring is 1. The normalized spacial score (nSPS) is 9.12. The van der Waals surface area contributed by atoms with Gasteiger partial charge in [-0.05, 0) is 12.1 Å². The molecule has 0 saturated carbocycles. The van der Waals surface area contributed by atoms with Crippen LogP contribution in [0, 0.1) is 11.8 Å². The number of para-hydroxylation sites is 1. The molecule has 0 radical (unpaired) electrons. The largest absolute Gasteiger partial charge is 0.465 e. The zero-order chi connectivity index (χ0) is 12.0. The van der Waals surface area contributed by atoms with Crippen molar-refractivity contribution in [2.24, 2.45) is 0 Å². The first-order valence-electron chi connectivity index (χ1n) is 4.72. The van der Waals surface area contributed by atoms with Gasteiger partial charge in [-0.1, -0.05) is 17.9 Å². The van der Waals surface area contributed by atoms with Crippen molar-refractivity contribution in [3.8, 4) is 11.8 Å². The first kappa shape index (κ1) is 12.4. The second-order valence-electron chi connectivity index (χ2n) is 3.00. The molecule has 16 heavy (non-hydrogen) atoms. The van der Waals surface area contributed by atoms with Crippen LogP contribution < -0.4 is 5.73 Å². The summed E-state index contributed by atoms with van der Waals surface area (Å²) in [6, 6.07) is 5.07. The zero-order valence-corrected chi connectivity index (χ0v) is 9.67. The molecule has 0 bridgehead atoms. The number of anilines is 1. The number of hydrogen-bond donors (Lipinski definition) is 1. The number of ether oxygens (including phenoxy) is 1. The van der Waals surface area contributed by atoms with Crippen LogP contribution >= 0.6 is 11.6 Å². The number of carbonyl (C=O) groups excluding carboxylic acids is 1. The van der Waals surface area contributed by atoms with Crippen molar-refractivity contribution in [2.75, 3.05) is 18.7 Å². The SMILES string of the molecule is COC(=O)c1cccc(C#CCCCl)c1N. The number of benzene rings is 1. The monoisotopic (exact) mass is 237 g/mol. The maximum Gasteiger partial charge on any atom is 0.339 e. The number of hydrogen-bond acceptors (Lipinski definition) is 3. The molecular formula is C12H12ClNO2. The quantitative estimate of drug-likeness (QED) is 0.371. The summed E-state index contributed by atoms with van der Waals surface area (Å²) in [6.45, 7) is 0. The van der Waals surface area contributed by atoms with E-state index in [-0.39, 0.29) is 0 Å². The van der Waals surface area contributed by atoms with Crippen LogP contribution in [-0.2, 0) is 4.74 Å². The number of methoxy groups -OCH3 is 1. The fourth-order valence-corrected chi connectivity index (χ4v) is 1.26. The Labute approximate surface area is 99.5 Å². The number of alkyl halides is 1. The van der Waals surface area contributed by atoms with E-state index in [1.807, 2.05) is 0 Å². The molecule has 0 amide bonds. The van der Waals surface area contributed by atoms with Crippen LogP contribution in [0.2, 0.25) is 0 Å². The van der Waals surface area contributed by atoms with Crippen LogP contribution in [0.15, 0.2) is 18.2 Å². The van der Waals surface area contributed by atoms with Gasteiger partial charge in [0.2, 0.25) is 0 Å². The molecule has 0 aliphatic rings. The molecule has 1 aromatic rings. The summed E-state index contributed by atoms with van der Waals surface area (Å²) >= 11 is 5.50. The van der Waals surface area contributed by atoms with Gasteiger partial charge in [0, 0.05) is 17.9 Å². The van der Waals surface area contributed by atoms with E-state index in [1.54, 1.807) is 18.2 Å². The Bertz CT molecular complexity index is 446. The van der Waals surface area contributed by atoms with Gasteiger partial charge in [0.1, 0.15) is 0 Å². The highest BCUT2D eigenvalue weighted by Crippen LogP contribution is 2.17. The minimum atomic E-state index is -0.460. The summed E-state index contributed by atoms with van der Waals surface area (Å²) in [7, 11) is 1.31. The van der Waals surface area contributed by atoms with Gasteiger partial charge in [-0.15, -0.1) is 11.6 Å². The average molecular weight is 238 g/mol. The average Bonchev–Trinajstić information content (AvgIpc) is 2.30. The third-order valence-corrected chi connectivity index (χ3v) is 2.14. The Morgan fingerprint density at radius 3 is 2.94 bits per heavy atom. The number of nitrogens with two attached hydrogens (primary N) is 1. The minimum absolute atomic E-state index is 0.333. The molecular weight excluding hydrogens is 226 g/mol. The molecule has 0 fully saturated rings. The van der Waals surface area contributed by atoms with E-state index < -0.39 is 5.97 Å². The number of rotatable bonds is 2. The van der Waals surface area contributed by atoms with E-state index in [0.717, 1.165) is 0 Å². The van der Waals surface area contributed by atoms with Gasteiger partial charge >= 0.3 is 5.97 Å². The Kier molecular flexibility index (Phi) is 4.68. The summed E-state index contributed by atoms with van der Waals surface area (Å²) < 4.78 is 4.61. The maximum atomic E-state index is 11.3. The van der Waals surface area contributed by atoms with Crippen LogP contribution in [0.4, 0.5) is 5.69 Å². The van der Waals surface area contributed by atoms with Gasteiger partial charge in [0.25, 0.3) is 0 Å². The van der Waals surface area contributed by atoms with Crippen molar-refractivity contribution in [1.29, 1.82) is 0 Å². The number of esters is 1. The lowest BCUT2D eigenvalue weighted by Gasteiger charge is -2.04. The van der Waals surface area contributed by atoms with Gasteiger partial charge in [-0.25, -0.2) is 4.79 Å². The van der Waals surface area contributed by atoms with Gasteiger partial charge in [-0.3, -0.25) is 0 Å². The summed E-state index contributed by atoms with van der Waals surface area (Å²) in [5.74, 6) is 5.74. The molecule has 0 saturated heterocycles. The van der Waals surface area contributed by atoms with Crippen molar-refractivity contribution in [3.05, 3.63) is 29.3 Å². The van der Waals surface area contributed by atoms with Crippen LogP contribution in [0.1, 0.15) is 22.3 Å². The van der Waals surface area contributed by atoms with Gasteiger partial charge in [-0.2, -0.15) is 0 Å². The minimum Gasteiger partial charge on any atom is -0.465 e. The fraction of sp³-hybridized carbons (Fsp3) is 0.250. The zero-order valence-electron chi connectivity index (χ0n) is 8.92. The summed E-state index contributed by atoms with van der Waals surface area (Å²) in [6.07, 6.45) is 0.587. The van der Waals surface area contributed by atoms with E-state index in [4.69, 9.17) is 17.3 Å². The Hall–Kier alpha value is -1.66. The summed E-state index contributed by atoms with van der Waals surface area (Å²) in [4.78, 5) is 11.3. The third-order valence-electron chi connectivity index (χ3n) is 1.95. The molecule has 84 valence electrons. The predicted molar refractivity (Wildman–Crippen MR) is 64.4 cm³/mol. The molecule has 0 atom stereocenters. The molecule has 0 heterocycles. The Morgan fingerprint density at radius 2 is 2.31 bits per heavy atom. The first-order valence-corrected chi connectivity index (χ1v) is 5.25. The molecule has 0 aromatic heterocycles. The Morgan fingerprint density at radius 1 is 1.56 bits per heavy atom. The highest BCUT2D eigenvalue weighted by atomic mass is 35.5. The lowest BCUT2D eigenvalue weighted by Crippen LogP contribution is -2.06. The van der Waals surface area contributed by atoms with Crippen LogP contribution in [-0.4, -0.2) is 19.0 Å². The van der Waals surface area contributed by atoms with Gasteiger partial charge in [0.05, 0.1) is 18.4 Å². The summed E-state index contributed by atoms with van der Waals surface area (Å²) in [5, 5.41) is 0. The second-order valence-corrected chi connectivity index (χ2v) is 3.38. The van der Waals surface area contributed by atoms with E-state index in [1.165, 1.54) is 7.11 Å². The van der Waals surface area contributed by atoms with Crippen molar-refractivity contribution < 1.29 is 9.53 Å². The second kappa shape index (κ2) is 6.04.